The molecule has 0 saturated carbocycles. The summed E-state index contributed by atoms with van der Waals surface area (Å²) in [5.74, 6) is 0.192. The molecule has 1 atom stereocenters. The Balaban J connectivity index is 3.09. The van der Waals surface area contributed by atoms with E-state index in [0.717, 1.165) is 0 Å². The zero-order valence-electron chi connectivity index (χ0n) is 8.13. The first-order valence-electron chi connectivity index (χ1n) is 4.32. The molecule has 0 radical (unpaired) electrons. The third-order valence-corrected chi connectivity index (χ3v) is 1.94. The highest BCUT2D eigenvalue weighted by molar-refractivity contribution is 5.42. The lowest BCUT2D eigenvalue weighted by atomic mass is 10.0. The summed E-state index contributed by atoms with van der Waals surface area (Å²) in [7, 11) is 0. The molecule has 1 aromatic rings. The molecule has 1 rings (SSSR count). The van der Waals surface area contributed by atoms with Crippen LogP contribution in [0.3, 0.4) is 0 Å². The van der Waals surface area contributed by atoms with Gasteiger partial charge in [-0.05, 0) is 19.4 Å². The zero-order valence-corrected chi connectivity index (χ0v) is 8.13. The Kier molecular flexibility index (Phi) is 3.41. The first kappa shape index (κ1) is 10.9. The van der Waals surface area contributed by atoms with Crippen LogP contribution in [-0.2, 0) is 0 Å². The van der Waals surface area contributed by atoms with Gasteiger partial charge in [-0.25, -0.2) is 0 Å². The van der Waals surface area contributed by atoms with Crippen LogP contribution in [0.1, 0.15) is 24.1 Å². The third kappa shape index (κ3) is 2.42. The Hall–Kier alpha value is -1.16. The van der Waals surface area contributed by atoms with Crippen molar-refractivity contribution in [3.63, 3.8) is 0 Å². The van der Waals surface area contributed by atoms with E-state index in [-0.39, 0.29) is 11.8 Å². The number of ether oxygens (including phenoxy) is 1. The Labute approximate surface area is 81.7 Å². The topological polar surface area (TPSA) is 35.2 Å². The molecule has 1 aromatic carbocycles. The average molecular weight is 201 g/mol. The molecule has 4 heteroatoms. The van der Waals surface area contributed by atoms with Gasteiger partial charge in [0.15, 0.2) is 0 Å². The minimum absolute atomic E-state index is 0.192. The van der Waals surface area contributed by atoms with E-state index in [1.54, 1.807) is 32.0 Å². The monoisotopic (exact) mass is 201 g/mol. The van der Waals surface area contributed by atoms with Crippen molar-refractivity contribution < 1.29 is 13.5 Å². The second-order valence-electron chi connectivity index (χ2n) is 3.16. The van der Waals surface area contributed by atoms with Gasteiger partial charge in [-0.2, -0.15) is 8.78 Å². The number of benzene rings is 1. The van der Waals surface area contributed by atoms with E-state index < -0.39 is 6.61 Å². The summed E-state index contributed by atoms with van der Waals surface area (Å²) in [6.45, 7) is 0.630. The molecule has 0 aliphatic rings. The van der Waals surface area contributed by atoms with Gasteiger partial charge >= 0.3 is 6.61 Å². The summed E-state index contributed by atoms with van der Waals surface area (Å²) < 4.78 is 28.6. The normalized spacial score (nSPS) is 13.0. The number of aryl methyl sites for hydroxylation is 1. The second kappa shape index (κ2) is 4.37. The number of halogens is 2. The SMILES string of the molecule is Cc1cccc([C@H](C)N)c1OC(F)F. The smallest absolute Gasteiger partial charge is 0.387 e. The Bertz CT molecular complexity index is 313. The van der Waals surface area contributed by atoms with Crippen LogP contribution in [0.15, 0.2) is 18.2 Å². The standard InChI is InChI=1S/C10H13F2NO/c1-6-4-3-5-8(7(2)13)9(6)14-10(11)12/h3-5,7,10H,13H2,1-2H3/t7-/m0/s1. The minimum atomic E-state index is -2.81. The van der Waals surface area contributed by atoms with E-state index in [9.17, 15) is 8.78 Å². The van der Waals surface area contributed by atoms with Crippen molar-refractivity contribution >= 4 is 0 Å². The third-order valence-electron chi connectivity index (χ3n) is 1.94. The largest absolute Gasteiger partial charge is 0.434 e. The predicted molar refractivity (Wildman–Crippen MR) is 50.4 cm³/mol. The Morgan fingerprint density at radius 2 is 2.00 bits per heavy atom. The van der Waals surface area contributed by atoms with Crippen LogP contribution in [0.5, 0.6) is 5.75 Å². The van der Waals surface area contributed by atoms with E-state index in [1.807, 2.05) is 0 Å². The summed E-state index contributed by atoms with van der Waals surface area (Å²) in [5.41, 5.74) is 6.90. The highest BCUT2D eigenvalue weighted by Crippen LogP contribution is 2.28. The number of hydrogen-bond donors (Lipinski definition) is 1. The fraction of sp³-hybridized carbons (Fsp3) is 0.400. The summed E-state index contributed by atoms with van der Waals surface area (Å²) in [5, 5.41) is 0. The highest BCUT2D eigenvalue weighted by Gasteiger charge is 2.14. The van der Waals surface area contributed by atoms with E-state index in [4.69, 9.17) is 5.73 Å². The molecule has 0 aliphatic heterocycles. The lowest BCUT2D eigenvalue weighted by Crippen LogP contribution is -2.11. The molecule has 0 spiro atoms. The first-order chi connectivity index (χ1) is 6.52. The van der Waals surface area contributed by atoms with Crippen LogP contribution in [-0.4, -0.2) is 6.61 Å². The van der Waals surface area contributed by atoms with Gasteiger partial charge in [0.1, 0.15) is 5.75 Å². The van der Waals surface area contributed by atoms with E-state index in [1.165, 1.54) is 0 Å². The second-order valence-corrected chi connectivity index (χ2v) is 3.16. The van der Waals surface area contributed by atoms with Crippen molar-refractivity contribution in [3.05, 3.63) is 29.3 Å². The van der Waals surface area contributed by atoms with E-state index in [0.29, 0.717) is 11.1 Å². The lowest BCUT2D eigenvalue weighted by molar-refractivity contribution is -0.0510. The fourth-order valence-corrected chi connectivity index (χ4v) is 1.28. The molecule has 0 heterocycles. The van der Waals surface area contributed by atoms with Gasteiger partial charge in [-0.15, -0.1) is 0 Å². The van der Waals surface area contributed by atoms with Crippen LogP contribution in [0, 0.1) is 6.92 Å². The van der Waals surface area contributed by atoms with Crippen molar-refractivity contribution in [1.82, 2.24) is 0 Å². The molecule has 78 valence electrons. The number of nitrogens with two attached hydrogens (primary N) is 1. The van der Waals surface area contributed by atoms with E-state index >= 15 is 0 Å². The number of hydrogen-bond acceptors (Lipinski definition) is 2. The molecular formula is C10H13F2NO. The molecule has 0 amide bonds. The highest BCUT2D eigenvalue weighted by atomic mass is 19.3. The van der Waals surface area contributed by atoms with Crippen LogP contribution >= 0.6 is 0 Å². The average Bonchev–Trinajstić information content (AvgIpc) is 2.07. The number of alkyl halides is 2. The van der Waals surface area contributed by atoms with Crippen LogP contribution in [0.2, 0.25) is 0 Å². The van der Waals surface area contributed by atoms with Gasteiger partial charge < -0.3 is 10.5 Å². The van der Waals surface area contributed by atoms with Crippen LogP contribution in [0.4, 0.5) is 8.78 Å². The molecule has 14 heavy (non-hydrogen) atoms. The van der Waals surface area contributed by atoms with Gasteiger partial charge in [-0.3, -0.25) is 0 Å². The Morgan fingerprint density at radius 1 is 1.36 bits per heavy atom. The summed E-state index contributed by atoms with van der Waals surface area (Å²) in [6.07, 6.45) is 0. The molecular weight excluding hydrogens is 188 g/mol. The number of para-hydroxylation sites is 1. The van der Waals surface area contributed by atoms with Crippen LogP contribution < -0.4 is 10.5 Å². The van der Waals surface area contributed by atoms with E-state index in [2.05, 4.69) is 4.74 Å². The van der Waals surface area contributed by atoms with Crippen LogP contribution in [0.25, 0.3) is 0 Å². The summed E-state index contributed by atoms with van der Waals surface area (Å²) >= 11 is 0. The van der Waals surface area contributed by atoms with Crippen molar-refractivity contribution in [3.8, 4) is 5.75 Å². The van der Waals surface area contributed by atoms with Crippen molar-refractivity contribution in [2.45, 2.75) is 26.5 Å². The van der Waals surface area contributed by atoms with Crippen molar-refractivity contribution in [2.24, 2.45) is 5.73 Å². The molecule has 2 nitrogen and oxygen atoms in total. The molecule has 0 fully saturated rings. The fourth-order valence-electron chi connectivity index (χ4n) is 1.28. The van der Waals surface area contributed by atoms with Gasteiger partial charge in [0.05, 0.1) is 0 Å². The van der Waals surface area contributed by atoms with Crippen molar-refractivity contribution in [2.75, 3.05) is 0 Å². The lowest BCUT2D eigenvalue weighted by Gasteiger charge is -2.15. The van der Waals surface area contributed by atoms with Crippen molar-refractivity contribution in [1.29, 1.82) is 0 Å². The van der Waals surface area contributed by atoms with Gasteiger partial charge in [-0.1, -0.05) is 18.2 Å². The number of rotatable bonds is 3. The maximum Gasteiger partial charge on any atom is 0.387 e. The predicted octanol–water partition coefficient (Wildman–Crippen LogP) is 2.62. The molecule has 0 unspecified atom stereocenters. The molecule has 0 bridgehead atoms. The molecule has 0 saturated heterocycles. The first-order valence-corrected chi connectivity index (χ1v) is 4.32. The summed E-state index contributed by atoms with van der Waals surface area (Å²) in [6, 6.07) is 4.86. The molecule has 0 aromatic heterocycles. The minimum Gasteiger partial charge on any atom is -0.434 e. The molecule has 2 N–H and O–H groups in total. The quantitative estimate of drug-likeness (QED) is 0.815. The van der Waals surface area contributed by atoms with Gasteiger partial charge in [0, 0.05) is 11.6 Å². The summed E-state index contributed by atoms with van der Waals surface area (Å²) in [4.78, 5) is 0. The Morgan fingerprint density at radius 3 is 2.50 bits per heavy atom. The molecule has 0 aliphatic carbocycles. The zero-order chi connectivity index (χ0) is 10.7. The van der Waals surface area contributed by atoms with Gasteiger partial charge in [0.25, 0.3) is 0 Å². The van der Waals surface area contributed by atoms with Gasteiger partial charge in [0.2, 0.25) is 0 Å². The maximum atomic E-state index is 12.1. The maximum absolute atomic E-state index is 12.1.